The van der Waals surface area contributed by atoms with Crippen molar-refractivity contribution in [2.45, 2.75) is 38.5 Å². The number of nitrogens with zero attached hydrogens (tertiary/aromatic N) is 1. The highest BCUT2D eigenvalue weighted by atomic mass is 16.8. The summed E-state index contributed by atoms with van der Waals surface area (Å²) in [5, 5.41) is 2.59. The highest BCUT2D eigenvalue weighted by Crippen LogP contribution is 2.21. The van der Waals surface area contributed by atoms with Crippen molar-refractivity contribution in [2.75, 3.05) is 36.2 Å². The number of methoxy groups -OCH3 is 1. The molecule has 0 aliphatic heterocycles. The average Bonchev–Trinajstić information content (AvgIpc) is 2.78. The van der Waals surface area contributed by atoms with E-state index in [9.17, 15) is 9.59 Å². The van der Waals surface area contributed by atoms with Gasteiger partial charge in [0.15, 0.2) is 0 Å². The molecule has 0 aliphatic carbocycles. The van der Waals surface area contributed by atoms with Crippen LogP contribution in [-0.4, -0.2) is 43.0 Å². The number of nitrogen functional groups attached to an aromatic ring is 3. The molecule has 2 rings (SSSR count). The summed E-state index contributed by atoms with van der Waals surface area (Å²) in [6.07, 6.45) is 0.725. The number of pyridine rings is 1. The van der Waals surface area contributed by atoms with Crippen molar-refractivity contribution in [3.8, 4) is 5.75 Å². The molecule has 1 heterocycles. The van der Waals surface area contributed by atoms with E-state index in [1.54, 1.807) is 43.3 Å². The molecule has 0 bridgehead atoms. The zero-order valence-corrected chi connectivity index (χ0v) is 18.8. The SMILES string of the molecule is COC(=O)OC(C)Oc1ccccc1N.NCCCCC(N)C(=O)Nc1ccc(N)c(N)n1. The number of amides is 1. The summed E-state index contributed by atoms with van der Waals surface area (Å²) in [5.41, 5.74) is 28.7. The molecule has 2 atom stereocenters. The quantitative estimate of drug-likeness (QED) is 0.135. The van der Waals surface area contributed by atoms with Gasteiger partial charge in [-0.1, -0.05) is 18.6 Å². The van der Waals surface area contributed by atoms with Crippen LogP contribution in [0.25, 0.3) is 0 Å². The van der Waals surface area contributed by atoms with Gasteiger partial charge in [0.1, 0.15) is 17.4 Å². The van der Waals surface area contributed by atoms with Crippen molar-refractivity contribution in [2.24, 2.45) is 11.5 Å². The third kappa shape index (κ3) is 10.4. The smallest absolute Gasteiger partial charge is 0.453 e. The lowest BCUT2D eigenvalue weighted by Crippen LogP contribution is -2.35. The van der Waals surface area contributed by atoms with E-state index in [1.165, 1.54) is 7.11 Å². The summed E-state index contributed by atoms with van der Waals surface area (Å²) in [6.45, 7) is 2.17. The Labute approximate surface area is 192 Å². The maximum atomic E-state index is 11.7. The summed E-state index contributed by atoms with van der Waals surface area (Å²) in [6, 6.07) is 9.53. The maximum absolute atomic E-state index is 11.7. The van der Waals surface area contributed by atoms with Crippen LogP contribution in [0.3, 0.4) is 0 Å². The van der Waals surface area contributed by atoms with Crippen LogP contribution in [0.2, 0.25) is 0 Å². The van der Waals surface area contributed by atoms with Gasteiger partial charge in [-0.25, -0.2) is 9.78 Å². The first-order valence-corrected chi connectivity index (χ1v) is 10.2. The summed E-state index contributed by atoms with van der Waals surface area (Å²) in [4.78, 5) is 26.4. The van der Waals surface area contributed by atoms with Crippen molar-refractivity contribution in [1.29, 1.82) is 0 Å². The first-order valence-electron chi connectivity index (χ1n) is 10.2. The van der Waals surface area contributed by atoms with E-state index in [2.05, 4.69) is 15.0 Å². The van der Waals surface area contributed by atoms with Crippen LogP contribution in [0.5, 0.6) is 5.75 Å². The van der Waals surface area contributed by atoms with Crippen LogP contribution in [0, 0.1) is 0 Å². The number of nitrogens with two attached hydrogens (primary N) is 5. The van der Waals surface area contributed by atoms with Gasteiger partial charge in [0.2, 0.25) is 12.2 Å². The van der Waals surface area contributed by atoms with Gasteiger partial charge in [-0.2, -0.15) is 0 Å². The third-order valence-electron chi connectivity index (χ3n) is 4.16. The fourth-order valence-electron chi connectivity index (χ4n) is 2.39. The zero-order chi connectivity index (χ0) is 24.8. The normalized spacial score (nSPS) is 11.9. The number of para-hydroxylation sites is 2. The fourth-order valence-corrected chi connectivity index (χ4v) is 2.39. The predicted octanol–water partition coefficient (Wildman–Crippen LogP) is 1.42. The van der Waals surface area contributed by atoms with Gasteiger partial charge >= 0.3 is 6.16 Å². The minimum Gasteiger partial charge on any atom is -0.453 e. The number of unbranched alkanes of at least 4 members (excludes halogenated alkanes) is 1. The molecule has 12 heteroatoms. The molecule has 11 N–H and O–H groups in total. The summed E-state index contributed by atoms with van der Waals surface area (Å²) >= 11 is 0. The largest absolute Gasteiger partial charge is 0.511 e. The van der Waals surface area contributed by atoms with Gasteiger partial charge in [-0.3, -0.25) is 4.79 Å². The molecule has 0 fully saturated rings. The Morgan fingerprint density at radius 3 is 2.36 bits per heavy atom. The van der Waals surface area contributed by atoms with Crippen LogP contribution in [0.15, 0.2) is 36.4 Å². The minimum atomic E-state index is -0.794. The van der Waals surface area contributed by atoms with E-state index >= 15 is 0 Å². The molecule has 0 saturated heterocycles. The van der Waals surface area contributed by atoms with Crippen LogP contribution in [0.4, 0.5) is 27.8 Å². The molecule has 0 spiro atoms. The minimum absolute atomic E-state index is 0.185. The summed E-state index contributed by atoms with van der Waals surface area (Å²) < 4.78 is 14.3. The highest BCUT2D eigenvalue weighted by Gasteiger charge is 2.14. The van der Waals surface area contributed by atoms with E-state index in [-0.39, 0.29) is 11.7 Å². The molecule has 0 radical (unpaired) electrons. The predicted molar refractivity (Wildman–Crippen MR) is 127 cm³/mol. The first kappa shape index (κ1) is 27.3. The lowest BCUT2D eigenvalue weighted by molar-refractivity contribution is -0.117. The lowest BCUT2D eigenvalue weighted by Gasteiger charge is -2.15. The van der Waals surface area contributed by atoms with Gasteiger partial charge in [0.25, 0.3) is 0 Å². The number of nitrogens with one attached hydrogen (secondary N) is 1. The third-order valence-corrected chi connectivity index (χ3v) is 4.16. The van der Waals surface area contributed by atoms with E-state index in [0.717, 1.165) is 12.8 Å². The second-order valence-corrected chi connectivity index (χ2v) is 6.85. The number of hydrogen-bond acceptors (Lipinski definition) is 11. The Kier molecular flexibility index (Phi) is 11.8. The van der Waals surface area contributed by atoms with Crippen molar-refractivity contribution in [3.05, 3.63) is 36.4 Å². The molecule has 1 amide bonds. The van der Waals surface area contributed by atoms with Crippen LogP contribution < -0.4 is 38.7 Å². The zero-order valence-electron chi connectivity index (χ0n) is 18.8. The van der Waals surface area contributed by atoms with Crippen molar-refractivity contribution in [1.82, 2.24) is 4.98 Å². The Morgan fingerprint density at radius 1 is 1.06 bits per heavy atom. The second-order valence-electron chi connectivity index (χ2n) is 6.85. The Hall–Kier alpha value is -3.77. The highest BCUT2D eigenvalue weighted by molar-refractivity contribution is 5.94. The lowest BCUT2D eigenvalue weighted by atomic mass is 10.1. The van der Waals surface area contributed by atoms with E-state index in [0.29, 0.717) is 35.9 Å². The molecule has 1 aromatic carbocycles. The molecule has 12 nitrogen and oxygen atoms in total. The number of carbonyl (C=O) groups is 2. The molecular weight excluding hydrogens is 430 g/mol. The number of benzene rings is 1. The number of ether oxygens (including phenoxy) is 3. The van der Waals surface area contributed by atoms with E-state index < -0.39 is 18.5 Å². The molecule has 1 aromatic heterocycles. The number of aromatic nitrogens is 1. The molecule has 182 valence electrons. The first-order chi connectivity index (χ1) is 15.7. The Bertz CT molecular complexity index is 897. The number of carbonyl (C=O) groups excluding carboxylic acids is 2. The average molecular weight is 464 g/mol. The van der Waals surface area contributed by atoms with Gasteiger partial charge in [0, 0.05) is 6.92 Å². The topological polar surface area (TPSA) is 217 Å². The van der Waals surface area contributed by atoms with Crippen LogP contribution in [-0.2, 0) is 14.3 Å². The number of hydrogen-bond donors (Lipinski definition) is 6. The Morgan fingerprint density at radius 2 is 1.76 bits per heavy atom. The molecule has 33 heavy (non-hydrogen) atoms. The summed E-state index contributed by atoms with van der Waals surface area (Å²) in [5.74, 6) is 0.711. The molecule has 2 unspecified atom stereocenters. The van der Waals surface area contributed by atoms with Crippen LogP contribution >= 0.6 is 0 Å². The standard InChI is InChI=1S/C11H20N6O.C10H13NO4/c12-6-2-1-3-8(14)11(18)17-9-5-4-7(13)10(15)16-9;1-7(15-10(12)13-2)14-9-6-4-3-5-8(9)11/h4-5,8H,1-3,6,12-14H2,(H3,15,16,17,18);3-7H,11H2,1-2H3. The molecule has 0 aliphatic rings. The molecule has 0 saturated carbocycles. The Balaban J connectivity index is 0.000000335. The number of rotatable bonds is 9. The van der Waals surface area contributed by atoms with Crippen molar-refractivity contribution in [3.63, 3.8) is 0 Å². The van der Waals surface area contributed by atoms with Gasteiger partial charge in [-0.15, -0.1) is 0 Å². The summed E-state index contributed by atoms with van der Waals surface area (Å²) in [7, 11) is 1.23. The van der Waals surface area contributed by atoms with Gasteiger partial charge < -0.3 is 48.2 Å². The van der Waals surface area contributed by atoms with Crippen molar-refractivity contribution < 1.29 is 23.8 Å². The van der Waals surface area contributed by atoms with Gasteiger partial charge in [0.05, 0.1) is 24.5 Å². The van der Waals surface area contributed by atoms with Crippen LogP contribution in [0.1, 0.15) is 26.2 Å². The monoisotopic (exact) mass is 463 g/mol. The number of anilines is 4. The van der Waals surface area contributed by atoms with E-state index in [4.69, 9.17) is 38.1 Å². The molecular formula is C21H33N7O5. The molecule has 2 aromatic rings. The second kappa shape index (κ2) is 14.3. The fraction of sp³-hybridized carbons (Fsp3) is 0.381. The van der Waals surface area contributed by atoms with E-state index in [1.807, 2.05) is 0 Å². The van der Waals surface area contributed by atoms with Gasteiger partial charge in [-0.05, 0) is 43.7 Å². The van der Waals surface area contributed by atoms with Crippen molar-refractivity contribution >= 4 is 35.1 Å². The maximum Gasteiger partial charge on any atom is 0.511 e.